The van der Waals surface area contributed by atoms with Gasteiger partial charge < -0.3 is 0 Å². The topological polar surface area (TPSA) is 0 Å². The van der Waals surface area contributed by atoms with E-state index in [9.17, 15) is 0 Å². The second-order valence-corrected chi connectivity index (χ2v) is 7.06. The number of hydrogen-bond acceptors (Lipinski definition) is 0. The van der Waals surface area contributed by atoms with Crippen molar-refractivity contribution >= 4 is 9.24 Å². The van der Waals surface area contributed by atoms with E-state index in [2.05, 4.69) is 30.0 Å². The Morgan fingerprint density at radius 2 is 1.45 bits per heavy atom. The number of rotatable bonds is 0. The minimum Gasteiger partial charge on any atom is -0.130 e. The van der Waals surface area contributed by atoms with Gasteiger partial charge in [-0.15, -0.1) is 9.24 Å². The third-order valence-electron chi connectivity index (χ3n) is 6.57. The van der Waals surface area contributed by atoms with Crippen molar-refractivity contribution in [1.82, 2.24) is 0 Å². The molecule has 0 aromatic carbocycles. The van der Waals surface area contributed by atoms with Gasteiger partial charge in [-0.3, -0.25) is 0 Å². The molecule has 4 fully saturated rings. The molecular formula is C10H15P. The van der Waals surface area contributed by atoms with E-state index in [1.807, 2.05) is 0 Å². The minimum absolute atomic E-state index is 0.712. The zero-order valence-corrected chi connectivity index (χ0v) is 8.65. The molecule has 4 aliphatic carbocycles. The van der Waals surface area contributed by atoms with Crippen LogP contribution in [0.25, 0.3) is 0 Å². The lowest BCUT2D eigenvalue weighted by Gasteiger charge is -2.33. The van der Waals surface area contributed by atoms with Gasteiger partial charge in [-0.05, 0) is 39.7 Å². The summed E-state index contributed by atoms with van der Waals surface area (Å²) in [6.45, 7) is 7.56. The zero-order valence-electron chi connectivity index (χ0n) is 7.49. The van der Waals surface area contributed by atoms with Crippen LogP contribution in [0.1, 0.15) is 33.6 Å². The van der Waals surface area contributed by atoms with Crippen molar-refractivity contribution < 1.29 is 0 Å². The van der Waals surface area contributed by atoms with Gasteiger partial charge in [-0.2, -0.15) is 0 Å². The van der Waals surface area contributed by atoms with Crippen LogP contribution < -0.4 is 0 Å². The summed E-state index contributed by atoms with van der Waals surface area (Å²) in [6.07, 6.45) is 3.01. The largest absolute Gasteiger partial charge is 0.130 e. The molecule has 0 amide bonds. The highest BCUT2D eigenvalue weighted by Gasteiger charge is 3.18. The molecule has 0 nitrogen and oxygen atoms in total. The molecule has 4 aliphatic rings. The molecule has 0 heterocycles. The van der Waals surface area contributed by atoms with E-state index >= 15 is 0 Å². The third-order valence-corrected chi connectivity index (χ3v) is 7.84. The Balaban J connectivity index is 2.06. The normalized spacial score (nSPS) is 92.7. The fraction of sp³-hybridized carbons (Fsp3) is 1.00. The van der Waals surface area contributed by atoms with Crippen LogP contribution in [0.5, 0.6) is 0 Å². The fourth-order valence-electron chi connectivity index (χ4n) is 6.49. The molecule has 6 unspecified atom stereocenters. The number of hydrogen-bond donors (Lipinski definition) is 0. The van der Waals surface area contributed by atoms with Gasteiger partial charge in [0.15, 0.2) is 0 Å². The highest BCUT2D eigenvalue weighted by atomic mass is 31.0. The van der Waals surface area contributed by atoms with Crippen molar-refractivity contribution in [3.8, 4) is 0 Å². The average molecular weight is 166 g/mol. The summed E-state index contributed by atoms with van der Waals surface area (Å²) in [5.74, 6) is 0. The van der Waals surface area contributed by atoms with Crippen LogP contribution in [-0.2, 0) is 0 Å². The van der Waals surface area contributed by atoms with E-state index in [1.54, 1.807) is 0 Å². The first-order valence-corrected chi connectivity index (χ1v) is 5.28. The summed E-state index contributed by atoms with van der Waals surface area (Å²) in [7, 11) is 3.17. The van der Waals surface area contributed by atoms with Crippen molar-refractivity contribution in [1.29, 1.82) is 0 Å². The predicted molar refractivity (Wildman–Crippen MR) is 48.4 cm³/mol. The van der Waals surface area contributed by atoms with Crippen LogP contribution in [0.2, 0.25) is 0 Å². The van der Waals surface area contributed by atoms with Crippen LogP contribution >= 0.6 is 9.24 Å². The van der Waals surface area contributed by atoms with Gasteiger partial charge in [0, 0.05) is 0 Å². The third kappa shape index (κ3) is 0.190. The number of fused-ring (bicyclic) bond motifs is 2. The maximum Gasteiger partial charge on any atom is -0.00123 e. The molecule has 4 saturated carbocycles. The molecule has 4 rings (SSSR count). The van der Waals surface area contributed by atoms with Crippen LogP contribution in [0.15, 0.2) is 0 Å². The van der Waals surface area contributed by atoms with Crippen molar-refractivity contribution in [3.63, 3.8) is 0 Å². The molecule has 60 valence electrons. The molecule has 0 bridgehead atoms. The van der Waals surface area contributed by atoms with Crippen molar-refractivity contribution in [2.75, 3.05) is 0 Å². The molecule has 11 heavy (non-hydrogen) atoms. The monoisotopic (exact) mass is 166 g/mol. The van der Waals surface area contributed by atoms with E-state index in [0.717, 1.165) is 21.7 Å². The standard InChI is InChI=1S/C10H15P/c1-6-4-8(3)9(11)5-7(6,2)10(6,8)9/h4-5,11H2,1-3H3. The van der Waals surface area contributed by atoms with Gasteiger partial charge in [0.2, 0.25) is 0 Å². The van der Waals surface area contributed by atoms with Crippen LogP contribution in [-0.4, -0.2) is 5.16 Å². The summed E-state index contributed by atoms with van der Waals surface area (Å²) in [4.78, 5) is 0. The molecule has 0 aromatic heterocycles. The maximum absolute atomic E-state index is 3.17. The smallest absolute Gasteiger partial charge is 0.00123 e. The van der Waals surface area contributed by atoms with Crippen molar-refractivity contribution in [2.24, 2.45) is 21.7 Å². The molecule has 0 N–H and O–H groups in total. The molecule has 1 heteroatoms. The Bertz CT molecular complexity index is 259. The quantitative estimate of drug-likeness (QED) is 0.485. The molecule has 0 saturated heterocycles. The van der Waals surface area contributed by atoms with Gasteiger partial charge in [0.05, 0.1) is 0 Å². The van der Waals surface area contributed by atoms with Gasteiger partial charge in [0.25, 0.3) is 0 Å². The second-order valence-electron chi connectivity index (χ2n) is 6.07. The lowest BCUT2D eigenvalue weighted by Crippen LogP contribution is -2.27. The highest BCUT2D eigenvalue weighted by Crippen LogP contribution is 3.21. The molecule has 1 spiro atoms. The first-order valence-electron chi connectivity index (χ1n) is 4.70. The van der Waals surface area contributed by atoms with Gasteiger partial charge in [0.1, 0.15) is 0 Å². The second kappa shape index (κ2) is 0.882. The Labute approximate surface area is 70.3 Å². The first kappa shape index (κ1) is 5.97. The van der Waals surface area contributed by atoms with Crippen molar-refractivity contribution in [2.45, 2.75) is 38.8 Å². The summed E-state index contributed by atoms with van der Waals surface area (Å²) in [5.41, 5.74) is 3.13. The minimum atomic E-state index is 0.712. The van der Waals surface area contributed by atoms with E-state index in [-0.39, 0.29) is 0 Å². The van der Waals surface area contributed by atoms with Crippen LogP contribution in [0.3, 0.4) is 0 Å². The fourth-order valence-corrected chi connectivity index (χ4v) is 8.10. The van der Waals surface area contributed by atoms with E-state index in [0.29, 0.717) is 5.16 Å². The molecular weight excluding hydrogens is 151 g/mol. The average Bonchev–Trinajstić information content (AvgIpc) is 2.22. The molecule has 0 radical (unpaired) electrons. The predicted octanol–water partition coefficient (Wildman–Crippen LogP) is 2.44. The van der Waals surface area contributed by atoms with Crippen molar-refractivity contribution in [3.05, 3.63) is 0 Å². The summed E-state index contributed by atoms with van der Waals surface area (Å²) in [6, 6.07) is 0. The van der Waals surface area contributed by atoms with Crippen LogP contribution in [0.4, 0.5) is 0 Å². The van der Waals surface area contributed by atoms with E-state index in [4.69, 9.17) is 0 Å². The SMILES string of the molecule is CC12CC3(C)C4(P)CC1(C)C234. The Morgan fingerprint density at radius 3 is 1.45 bits per heavy atom. The van der Waals surface area contributed by atoms with E-state index < -0.39 is 0 Å². The lowest BCUT2D eigenvalue weighted by molar-refractivity contribution is 0.199. The summed E-state index contributed by atoms with van der Waals surface area (Å²) < 4.78 is 0. The van der Waals surface area contributed by atoms with Crippen LogP contribution in [0, 0.1) is 21.7 Å². The van der Waals surface area contributed by atoms with E-state index in [1.165, 1.54) is 12.8 Å². The lowest BCUT2D eigenvalue weighted by atomic mass is 9.75. The van der Waals surface area contributed by atoms with Gasteiger partial charge in [-0.25, -0.2) is 0 Å². The Hall–Kier alpha value is 0.430. The summed E-state index contributed by atoms with van der Waals surface area (Å²) in [5, 5.41) is 0.712. The zero-order chi connectivity index (χ0) is 7.91. The van der Waals surface area contributed by atoms with Gasteiger partial charge >= 0.3 is 0 Å². The molecule has 6 atom stereocenters. The highest BCUT2D eigenvalue weighted by molar-refractivity contribution is 7.20. The first-order chi connectivity index (χ1) is 4.91. The molecule has 0 aromatic rings. The van der Waals surface area contributed by atoms with Gasteiger partial charge in [-0.1, -0.05) is 20.8 Å². The Morgan fingerprint density at radius 1 is 0.909 bits per heavy atom. The Kier molecular flexibility index (Phi) is 0.479. The molecule has 0 aliphatic heterocycles. The summed E-state index contributed by atoms with van der Waals surface area (Å²) >= 11 is 0. The maximum atomic E-state index is 3.17.